The lowest BCUT2D eigenvalue weighted by Crippen LogP contribution is -2.49. The van der Waals surface area contributed by atoms with Gasteiger partial charge in [0.2, 0.25) is 10.0 Å². The molecule has 3 heterocycles. The van der Waals surface area contributed by atoms with Gasteiger partial charge in [-0.25, -0.2) is 13.2 Å². The lowest BCUT2D eigenvalue weighted by Gasteiger charge is -2.39. The van der Waals surface area contributed by atoms with Gasteiger partial charge >= 0.3 is 5.63 Å². The van der Waals surface area contributed by atoms with E-state index in [1.807, 2.05) is 97.9 Å². The number of rotatable bonds is 5. The number of sulfonamides is 1. The zero-order valence-electron chi connectivity index (χ0n) is 22.4. The Morgan fingerprint density at radius 1 is 0.756 bits per heavy atom. The van der Waals surface area contributed by atoms with Gasteiger partial charge in [-0.2, -0.15) is 5.06 Å². The Morgan fingerprint density at radius 3 is 2.12 bits per heavy atom. The smallest absolute Gasteiger partial charge is 0.343 e. The van der Waals surface area contributed by atoms with Gasteiger partial charge in [-0.1, -0.05) is 103 Å². The second kappa shape index (κ2) is 9.99. The average Bonchev–Trinajstić information content (AvgIpc) is 3.36. The minimum absolute atomic E-state index is 0.0759. The minimum Gasteiger partial charge on any atom is -0.422 e. The van der Waals surface area contributed by atoms with Crippen molar-refractivity contribution in [3.63, 3.8) is 0 Å². The van der Waals surface area contributed by atoms with Crippen LogP contribution in [-0.4, -0.2) is 18.7 Å². The van der Waals surface area contributed by atoms with E-state index in [1.165, 1.54) is 4.31 Å². The van der Waals surface area contributed by atoms with E-state index in [4.69, 9.17) is 9.25 Å². The molecule has 4 aromatic carbocycles. The summed E-state index contributed by atoms with van der Waals surface area (Å²) in [5.41, 5.74) is 3.99. The van der Waals surface area contributed by atoms with Crippen molar-refractivity contribution in [2.75, 3.05) is 4.31 Å². The Labute approximate surface area is 238 Å². The van der Waals surface area contributed by atoms with Crippen molar-refractivity contribution in [2.45, 2.75) is 37.4 Å². The maximum absolute atomic E-state index is 14.9. The molecule has 1 saturated heterocycles. The molecule has 41 heavy (non-hydrogen) atoms. The zero-order chi connectivity index (χ0) is 28.1. The number of benzene rings is 4. The highest BCUT2D eigenvalue weighted by Gasteiger charge is 2.59. The van der Waals surface area contributed by atoms with Crippen molar-refractivity contribution in [1.82, 2.24) is 5.06 Å². The van der Waals surface area contributed by atoms with Crippen LogP contribution in [0.2, 0.25) is 0 Å². The number of hydrogen-bond acceptors (Lipinski definition) is 6. The van der Waals surface area contributed by atoms with Crippen LogP contribution >= 0.6 is 0 Å². The molecule has 1 fully saturated rings. The fraction of sp³-hybridized carbons (Fsp3) is 0.182. The van der Waals surface area contributed by atoms with Gasteiger partial charge < -0.3 is 4.42 Å². The monoisotopic (exact) mass is 564 g/mol. The summed E-state index contributed by atoms with van der Waals surface area (Å²) in [6.45, 7) is 2.36. The molecule has 2 aliphatic heterocycles. The molecule has 0 bridgehead atoms. The Morgan fingerprint density at radius 2 is 1.39 bits per heavy atom. The van der Waals surface area contributed by atoms with E-state index < -0.39 is 33.0 Å². The highest BCUT2D eigenvalue weighted by atomic mass is 32.2. The number of hydrogen-bond donors (Lipinski definition) is 0. The number of para-hydroxylation sites is 1. The standard InChI is InChI=1S/C33H28N2O5S/c1-22-16-18-24(19-17-22)21-35-29-26-14-8-9-15-27(26)39-33(36)28(29)30-32(41(35,37)38)31(25-12-6-3-7-13-25)40-34(30)20-23-10-4-2-5-11-23/h2-19,30-32H,20-21H2,1H3/t30-,31-,32+/m0/s1. The molecule has 7 nitrogen and oxygen atoms in total. The van der Waals surface area contributed by atoms with Crippen LogP contribution in [0.15, 0.2) is 118 Å². The SMILES string of the molecule is Cc1ccc(CN2c3c(c(=O)oc4ccccc34)[C@H]3[C@H]([C@H](c4ccccc4)ON3Cc3ccccc3)S2(=O)=O)cc1. The first-order valence-electron chi connectivity index (χ1n) is 13.6. The first-order chi connectivity index (χ1) is 19.9. The summed E-state index contributed by atoms with van der Waals surface area (Å²) >= 11 is 0. The van der Waals surface area contributed by atoms with Crippen molar-refractivity contribution in [3.8, 4) is 0 Å². The predicted octanol–water partition coefficient (Wildman–Crippen LogP) is 6.05. The fourth-order valence-corrected chi connectivity index (χ4v) is 8.19. The lowest BCUT2D eigenvalue weighted by atomic mass is 9.95. The lowest BCUT2D eigenvalue weighted by molar-refractivity contribution is -0.172. The summed E-state index contributed by atoms with van der Waals surface area (Å²) in [6.07, 6.45) is -0.825. The number of anilines is 1. The highest BCUT2D eigenvalue weighted by Crippen LogP contribution is 2.54. The van der Waals surface area contributed by atoms with Crippen molar-refractivity contribution >= 4 is 26.7 Å². The number of aryl methyl sites for hydroxylation is 1. The summed E-state index contributed by atoms with van der Waals surface area (Å²) in [4.78, 5) is 20.4. The van der Waals surface area contributed by atoms with Crippen LogP contribution in [0.1, 0.15) is 40.0 Å². The number of nitrogens with zero attached hydrogens (tertiary/aromatic N) is 2. The van der Waals surface area contributed by atoms with Crippen LogP contribution in [0.4, 0.5) is 5.69 Å². The fourth-order valence-electron chi connectivity index (χ4n) is 6.00. The van der Waals surface area contributed by atoms with Crippen molar-refractivity contribution in [1.29, 1.82) is 0 Å². The Kier molecular flexibility index (Phi) is 6.27. The van der Waals surface area contributed by atoms with Gasteiger partial charge in [0, 0.05) is 11.9 Å². The van der Waals surface area contributed by atoms with E-state index in [-0.39, 0.29) is 6.54 Å². The van der Waals surface area contributed by atoms with Crippen LogP contribution in [-0.2, 0) is 28.0 Å². The largest absolute Gasteiger partial charge is 0.422 e. The Balaban J connectivity index is 1.48. The summed E-state index contributed by atoms with van der Waals surface area (Å²) in [5.74, 6) is 0. The summed E-state index contributed by atoms with van der Waals surface area (Å²) in [6, 6.07) is 33.0. The predicted molar refractivity (Wildman–Crippen MR) is 158 cm³/mol. The molecule has 0 amide bonds. The van der Waals surface area contributed by atoms with Crippen LogP contribution in [0.5, 0.6) is 0 Å². The average molecular weight is 565 g/mol. The van der Waals surface area contributed by atoms with Gasteiger partial charge in [-0.3, -0.25) is 9.14 Å². The first kappa shape index (κ1) is 25.7. The van der Waals surface area contributed by atoms with Crippen molar-refractivity contribution < 1.29 is 17.7 Å². The second-order valence-electron chi connectivity index (χ2n) is 10.6. The molecule has 0 radical (unpaired) electrons. The zero-order valence-corrected chi connectivity index (χ0v) is 23.2. The molecule has 3 atom stereocenters. The third kappa shape index (κ3) is 4.35. The topological polar surface area (TPSA) is 80.1 Å². The normalized spacial score (nSPS) is 21.5. The molecule has 206 valence electrons. The Bertz CT molecular complexity index is 1890. The van der Waals surface area contributed by atoms with Crippen molar-refractivity contribution in [2.24, 2.45) is 0 Å². The van der Waals surface area contributed by atoms with Crippen LogP contribution in [0.3, 0.4) is 0 Å². The molecule has 7 rings (SSSR count). The molecule has 2 aliphatic rings. The van der Waals surface area contributed by atoms with E-state index in [1.54, 1.807) is 23.3 Å². The quantitative estimate of drug-likeness (QED) is 0.242. The molecule has 8 heteroatoms. The molecular weight excluding hydrogens is 536 g/mol. The van der Waals surface area contributed by atoms with Crippen LogP contribution in [0.25, 0.3) is 11.0 Å². The maximum atomic E-state index is 14.9. The molecular formula is C33H28N2O5S. The van der Waals surface area contributed by atoms with Gasteiger partial charge in [-0.15, -0.1) is 0 Å². The van der Waals surface area contributed by atoms with E-state index in [2.05, 4.69) is 0 Å². The van der Waals surface area contributed by atoms with Gasteiger partial charge in [0.25, 0.3) is 0 Å². The van der Waals surface area contributed by atoms with E-state index in [9.17, 15) is 13.2 Å². The highest BCUT2D eigenvalue weighted by molar-refractivity contribution is 7.93. The van der Waals surface area contributed by atoms with Gasteiger partial charge in [-0.05, 0) is 35.7 Å². The van der Waals surface area contributed by atoms with Gasteiger partial charge in [0.05, 0.1) is 23.8 Å². The Hall–Kier alpha value is -4.24. The van der Waals surface area contributed by atoms with E-state index in [0.29, 0.717) is 28.8 Å². The summed E-state index contributed by atoms with van der Waals surface area (Å²) in [5, 5.41) is 1.15. The molecule has 0 spiro atoms. The van der Waals surface area contributed by atoms with Crippen LogP contribution in [0, 0.1) is 6.92 Å². The minimum atomic E-state index is -4.07. The number of hydroxylamine groups is 2. The first-order valence-corrected chi connectivity index (χ1v) is 15.1. The third-order valence-electron chi connectivity index (χ3n) is 7.94. The molecule has 1 aromatic heterocycles. The van der Waals surface area contributed by atoms with Crippen LogP contribution < -0.4 is 9.93 Å². The molecule has 0 N–H and O–H groups in total. The molecule has 5 aromatic rings. The summed E-state index contributed by atoms with van der Waals surface area (Å²) in [7, 11) is -4.07. The van der Waals surface area contributed by atoms with E-state index >= 15 is 0 Å². The molecule has 0 unspecified atom stereocenters. The molecule has 0 aliphatic carbocycles. The van der Waals surface area contributed by atoms with E-state index in [0.717, 1.165) is 22.3 Å². The van der Waals surface area contributed by atoms with Gasteiger partial charge in [0.1, 0.15) is 16.9 Å². The van der Waals surface area contributed by atoms with Gasteiger partial charge in [0.15, 0.2) is 0 Å². The van der Waals surface area contributed by atoms with Crippen molar-refractivity contribution in [3.05, 3.63) is 147 Å². The number of fused-ring (bicyclic) bond motifs is 5. The third-order valence-corrected chi connectivity index (χ3v) is 10.1. The maximum Gasteiger partial charge on any atom is 0.343 e. The summed E-state index contributed by atoms with van der Waals surface area (Å²) < 4.78 is 36.9. The second-order valence-corrected chi connectivity index (χ2v) is 12.6. The molecule has 0 saturated carbocycles.